The maximum atomic E-state index is 12.6. The quantitative estimate of drug-likeness (QED) is 0.383. The second kappa shape index (κ2) is 9.80. The highest BCUT2D eigenvalue weighted by molar-refractivity contribution is 7.99. The summed E-state index contributed by atoms with van der Waals surface area (Å²) in [5.74, 6) is 0.605. The fraction of sp³-hybridized carbons (Fsp3) is 0.130. The Morgan fingerprint density at radius 1 is 1.03 bits per heavy atom. The number of thioether (sulfide) groups is 1. The fourth-order valence-electron chi connectivity index (χ4n) is 3.00. The first kappa shape index (κ1) is 21.8. The molecule has 2 aromatic carbocycles. The largest absolute Gasteiger partial charge is 0.325 e. The van der Waals surface area contributed by atoms with Crippen molar-refractivity contribution in [1.29, 1.82) is 0 Å². The Hall–Kier alpha value is -3.43. The molecule has 0 saturated carbocycles. The first-order valence-corrected chi connectivity index (χ1v) is 11.7. The van der Waals surface area contributed by atoms with E-state index in [-0.39, 0.29) is 17.6 Å². The number of hydrogen-bond acceptors (Lipinski definition) is 6. The molecule has 0 saturated heterocycles. The minimum Gasteiger partial charge on any atom is -0.325 e. The summed E-state index contributed by atoms with van der Waals surface area (Å²) in [7, 11) is 1.89. The van der Waals surface area contributed by atoms with Crippen LogP contribution in [0.25, 0.3) is 10.7 Å². The topological polar surface area (TPSA) is 88.9 Å². The van der Waals surface area contributed by atoms with Crippen molar-refractivity contribution in [2.75, 3.05) is 16.4 Å². The SMILES string of the molecule is Cc1ccc(NC(=O)c2ccccc2)cc1NC(=O)CSc1nnc(-c2cccs2)n1C. The number of carbonyl (C=O) groups excluding carboxylic acids is 2. The third-order valence-corrected chi connectivity index (χ3v) is 6.60. The normalized spacial score (nSPS) is 10.7. The van der Waals surface area contributed by atoms with Crippen molar-refractivity contribution in [2.24, 2.45) is 7.05 Å². The van der Waals surface area contributed by atoms with Crippen molar-refractivity contribution < 1.29 is 9.59 Å². The molecular formula is C23H21N5O2S2. The molecule has 32 heavy (non-hydrogen) atoms. The number of nitrogens with zero attached hydrogens (tertiary/aromatic N) is 3. The molecule has 2 N–H and O–H groups in total. The van der Waals surface area contributed by atoms with Crippen molar-refractivity contribution in [3.63, 3.8) is 0 Å². The molecule has 0 aliphatic carbocycles. The van der Waals surface area contributed by atoms with E-state index >= 15 is 0 Å². The van der Waals surface area contributed by atoms with Crippen molar-refractivity contribution in [3.8, 4) is 10.7 Å². The molecule has 162 valence electrons. The van der Waals surface area contributed by atoms with E-state index in [1.54, 1.807) is 29.5 Å². The van der Waals surface area contributed by atoms with Gasteiger partial charge in [0.1, 0.15) is 0 Å². The highest BCUT2D eigenvalue weighted by atomic mass is 32.2. The van der Waals surface area contributed by atoms with Crippen LogP contribution in [0.5, 0.6) is 0 Å². The van der Waals surface area contributed by atoms with Crippen LogP contribution in [0.3, 0.4) is 0 Å². The van der Waals surface area contributed by atoms with Crippen LogP contribution in [0, 0.1) is 6.92 Å². The third kappa shape index (κ3) is 5.06. The molecule has 4 rings (SSSR count). The lowest BCUT2D eigenvalue weighted by molar-refractivity contribution is -0.113. The smallest absolute Gasteiger partial charge is 0.255 e. The molecule has 0 aliphatic rings. The zero-order valence-electron chi connectivity index (χ0n) is 17.5. The number of hydrogen-bond donors (Lipinski definition) is 2. The molecule has 2 amide bonds. The van der Waals surface area contributed by atoms with Crippen LogP contribution in [0.15, 0.2) is 71.2 Å². The van der Waals surface area contributed by atoms with Crippen molar-refractivity contribution in [3.05, 3.63) is 77.2 Å². The Labute approximate surface area is 193 Å². The van der Waals surface area contributed by atoms with E-state index in [0.717, 1.165) is 16.3 Å². The average molecular weight is 464 g/mol. The van der Waals surface area contributed by atoms with Gasteiger partial charge in [0.2, 0.25) is 5.91 Å². The van der Waals surface area contributed by atoms with E-state index < -0.39 is 0 Å². The van der Waals surface area contributed by atoms with E-state index in [1.165, 1.54) is 11.8 Å². The standard InChI is InChI=1S/C23H21N5O2S2/c1-15-10-11-17(24-22(30)16-7-4-3-5-8-16)13-18(15)25-20(29)14-32-23-27-26-21(28(23)2)19-9-6-12-31-19/h3-13H,14H2,1-2H3,(H,24,30)(H,25,29). The number of rotatable bonds is 7. The first-order chi connectivity index (χ1) is 15.5. The highest BCUT2D eigenvalue weighted by Crippen LogP contribution is 2.26. The summed E-state index contributed by atoms with van der Waals surface area (Å²) >= 11 is 2.92. The van der Waals surface area contributed by atoms with Crippen LogP contribution in [-0.2, 0) is 11.8 Å². The van der Waals surface area contributed by atoms with Gasteiger partial charge in [0.25, 0.3) is 5.91 Å². The van der Waals surface area contributed by atoms with Gasteiger partial charge in [-0.05, 0) is 48.2 Å². The van der Waals surface area contributed by atoms with Crippen LogP contribution < -0.4 is 10.6 Å². The van der Waals surface area contributed by atoms with Gasteiger partial charge in [-0.1, -0.05) is 42.1 Å². The van der Waals surface area contributed by atoms with Crippen molar-refractivity contribution in [1.82, 2.24) is 14.8 Å². The minimum absolute atomic E-state index is 0.162. The Morgan fingerprint density at radius 2 is 1.84 bits per heavy atom. The molecule has 0 bridgehead atoms. The van der Waals surface area contributed by atoms with Gasteiger partial charge in [-0.2, -0.15) is 0 Å². The van der Waals surface area contributed by atoms with Gasteiger partial charge in [-0.15, -0.1) is 21.5 Å². The summed E-state index contributed by atoms with van der Waals surface area (Å²) in [5, 5.41) is 16.9. The number of anilines is 2. The predicted molar refractivity (Wildman–Crippen MR) is 129 cm³/mol. The first-order valence-electron chi connectivity index (χ1n) is 9.84. The average Bonchev–Trinajstić information content (AvgIpc) is 3.45. The molecule has 0 spiro atoms. The predicted octanol–water partition coefficient (Wildman–Crippen LogP) is 4.84. The molecule has 7 nitrogen and oxygen atoms in total. The maximum Gasteiger partial charge on any atom is 0.255 e. The number of carbonyl (C=O) groups is 2. The molecule has 0 unspecified atom stereocenters. The van der Waals surface area contributed by atoms with E-state index in [1.807, 2.05) is 66.4 Å². The molecule has 0 radical (unpaired) electrons. The van der Waals surface area contributed by atoms with Crippen LogP contribution in [0.1, 0.15) is 15.9 Å². The molecular weight excluding hydrogens is 442 g/mol. The van der Waals surface area contributed by atoms with Gasteiger partial charge in [-0.25, -0.2) is 0 Å². The van der Waals surface area contributed by atoms with Crippen LogP contribution in [0.4, 0.5) is 11.4 Å². The number of amides is 2. The Morgan fingerprint density at radius 3 is 2.59 bits per heavy atom. The van der Waals surface area contributed by atoms with Gasteiger partial charge in [-0.3, -0.25) is 9.59 Å². The summed E-state index contributed by atoms with van der Waals surface area (Å²) in [5.41, 5.74) is 2.74. The lowest BCUT2D eigenvalue weighted by atomic mass is 10.1. The third-order valence-electron chi connectivity index (χ3n) is 4.71. The Bertz CT molecular complexity index is 1240. The molecule has 2 heterocycles. The van der Waals surface area contributed by atoms with Crippen LogP contribution in [-0.4, -0.2) is 32.3 Å². The van der Waals surface area contributed by atoms with Gasteiger partial charge < -0.3 is 15.2 Å². The zero-order chi connectivity index (χ0) is 22.5. The number of benzene rings is 2. The number of thiophene rings is 1. The van der Waals surface area contributed by atoms with Crippen LogP contribution >= 0.6 is 23.1 Å². The van der Waals surface area contributed by atoms with Crippen molar-refractivity contribution >= 4 is 46.3 Å². The number of aromatic nitrogens is 3. The fourth-order valence-corrected chi connectivity index (χ4v) is 4.46. The van der Waals surface area contributed by atoms with E-state index in [0.29, 0.717) is 22.1 Å². The van der Waals surface area contributed by atoms with Gasteiger partial charge >= 0.3 is 0 Å². The summed E-state index contributed by atoms with van der Waals surface area (Å²) in [6, 6.07) is 18.4. The maximum absolute atomic E-state index is 12.6. The highest BCUT2D eigenvalue weighted by Gasteiger charge is 2.14. The summed E-state index contributed by atoms with van der Waals surface area (Å²) in [4.78, 5) is 26.0. The second-order valence-electron chi connectivity index (χ2n) is 7.03. The summed E-state index contributed by atoms with van der Waals surface area (Å²) in [6.45, 7) is 1.90. The molecule has 2 aromatic heterocycles. The Balaban J connectivity index is 1.38. The Kier molecular flexibility index (Phi) is 6.67. The van der Waals surface area contributed by atoms with Gasteiger partial charge in [0.15, 0.2) is 11.0 Å². The van der Waals surface area contributed by atoms with Crippen molar-refractivity contribution in [2.45, 2.75) is 12.1 Å². The zero-order valence-corrected chi connectivity index (χ0v) is 19.2. The molecule has 0 aliphatic heterocycles. The van der Waals surface area contributed by atoms with E-state index in [2.05, 4.69) is 20.8 Å². The summed E-state index contributed by atoms with van der Waals surface area (Å²) < 4.78 is 1.88. The molecule has 4 aromatic rings. The van der Waals surface area contributed by atoms with E-state index in [4.69, 9.17) is 0 Å². The molecule has 9 heteroatoms. The lowest BCUT2D eigenvalue weighted by Crippen LogP contribution is -2.16. The lowest BCUT2D eigenvalue weighted by Gasteiger charge is -2.12. The van der Waals surface area contributed by atoms with E-state index in [9.17, 15) is 9.59 Å². The summed E-state index contributed by atoms with van der Waals surface area (Å²) in [6.07, 6.45) is 0. The minimum atomic E-state index is -0.203. The monoisotopic (exact) mass is 463 g/mol. The van der Waals surface area contributed by atoms with Gasteiger partial charge in [0, 0.05) is 24.0 Å². The molecule has 0 atom stereocenters. The van der Waals surface area contributed by atoms with Crippen LogP contribution in [0.2, 0.25) is 0 Å². The van der Waals surface area contributed by atoms with Gasteiger partial charge in [0.05, 0.1) is 10.6 Å². The molecule has 0 fully saturated rings. The number of aryl methyl sites for hydroxylation is 1. The second-order valence-corrected chi connectivity index (χ2v) is 8.92. The number of nitrogens with one attached hydrogen (secondary N) is 2.